The Bertz CT molecular complexity index is 1050. The molecule has 5 nitrogen and oxygen atoms in total. The summed E-state index contributed by atoms with van der Waals surface area (Å²) in [6.07, 6.45) is 0. The van der Waals surface area contributed by atoms with E-state index in [2.05, 4.69) is 35.6 Å². The lowest BCUT2D eigenvalue weighted by Crippen LogP contribution is -2.50. The number of nitrogens with one attached hydrogen (secondary N) is 1. The molecular formula is C23H23N3O2. The summed E-state index contributed by atoms with van der Waals surface area (Å²) >= 11 is 0. The van der Waals surface area contributed by atoms with Crippen LogP contribution in [0.5, 0.6) is 0 Å². The maximum Gasteiger partial charge on any atom is 0.244 e. The summed E-state index contributed by atoms with van der Waals surface area (Å²) in [6, 6.07) is 21.7. The normalized spacial score (nSPS) is 14.7. The van der Waals surface area contributed by atoms with Crippen molar-refractivity contribution in [2.75, 3.05) is 23.8 Å². The molecule has 1 N–H and O–H groups in total. The largest absolute Gasteiger partial charge is 0.323 e. The summed E-state index contributed by atoms with van der Waals surface area (Å²) < 4.78 is 0. The Kier molecular flexibility index (Phi) is 4.84. The van der Waals surface area contributed by atoms with Crippen LogP contribution >= 0.6 is 0 Å². The highest BCUT2D eigenvalue weighted by atomic mass is 16.2. The van der Waals surface area contributed by atoms with Gasteiger partial charge in [0.15, 0.2) is 0 Å². The fraction of sp³-hybridized carbons (Fsp3) is 0.217. The second-order valence-corrected chi connectivity index (χ2v) is 7.26. The third-order valence-corrected chi connectivity index (χ3v) is 5.30. The molecule has 28 heavy (non-hydrogen) atoms. The van der Waals surface area contributed by atoms with Gasteiger partial charge in [0.1, 0.15) is 6.54 Å². The van der Waals surface area contributed by atoms with Gasteiger partial charge >= 0.3 is 0 Å². The van der Waals surface area contributed by atoms with Gasteiger partial charge in [0.05, 0.1) is 17.4 Å². The number of likely N-dealkylation sites (N-methyl/N-ethyl adjacent to an activating group) is 1. The van der Waals surface area contributed by atoms with E-state index in [1.165, 1.54) is 10.8 Å². The molecule has 0 saturated carbocycles. The summed E-state index contributed by atoms with van der Waals surface area (Å²) in [7, 11) is 1.94. The van der Waals surface area contributed by atoms with Crippen molar-refractivity contribution in [2.24, 2.45) is 0 Å². The number of hydrogen-bond donors (Lipinski definition) is 1. The van der Waals surface area contributed by atoms with Gasteiger partial charge in [-0.1, -0.05) is 48.5 Å². The Balaban J connectivity index is 1.52. The van der Waals surface area contributed by atoms with Gasteiger partial charge in [-0.2, -0.15) is 0 Å². The van der Waals surface area contributed by atoms with Gasteiger partial charge < -0.3 is 5.32 Å². The highest BCUT2D eigenvalue weighted by Gasteiger charge is 2.31. The van der Waals surface area contributed by atoms with Crippen LogP contribution in [0.2, 0.25) is 0 Å². The number of hydrogen-bond acceptors (Lipinski definition) is 3. The molecule has 3 aromatic carbocycles. The minimum atomic E-state index is -0.356. The van der Waals surface area contributed by atoms with E-state index in [9.17, 15) is 9.59 Å². The molecule has 1 atom stereocenters. The average Bonchev–Trinajstić information content (AvgIpc) is 2.71. The number of rotatable bonds is 4. The lowest BCUT2D eigenvalue weighted by atomic mass is 10.1. The minimum Gasteiger partial charge on any atom is -0.323 e. The molecule has 4 rings (SSSR count). The Morgan fingerprint density at radius 1 is 1.07 bits per heavy atom. The predicted octanol–water partition coefficient (Wildman–Crippen LogP) is 3.65. The number of nitrogens with zero attached hydrogens (tertiary/aromatic N) is 2. The average molecular weight is 373 g/mol. The van der Waals surface area contributed by atoms with E-state index < -0.39 is 0 Å². The maximum absolute atomic E-state index is 13.2. The van der Waals surface area contributed by atoms with Gasteiger partial charge in [0.25, 0.3) is 0 Å². The van der Waals surface area contributed by atoms with Crippen LogP contribution in [0.15, 0.2) is 66.7 Å². The van der Waals surface area contributed by atoms with Crippen LogP contribution in [0.25, 0.3) is 10.8 Å². The van der Waals surface area contributed by atoms with Crippen molar-refractivity contribution in [1.82, 2.24) is 4.90 Å². The highest BCUT2D eigenvalue weighted by molar-refractivity contribution is 6.11. The zero-order chi connectivity index (χ0) is 19.7. The highest BCUT2D eigenvalue weighted by Crippen LogP contribution is 2.29. The standard InChI is InChI=1S/C23H23N3O2/c1-16(23(28)26-15-22(27)24-20-9-5-6-10-21(20)26)25(2)14-17-11-12-18-7-3-4-8-19(18)13-17/h3-13,16H,14-15H2,1-2H3,(H,24,27)/t16-/m0/s1. The van der Waals surface area contributed by atoms with Crippen molar-refractivity contribution in [3.63, 3.8) is 0 Å². The van der Waals surface area contributed by atoms with Crippen LogP contribution in [0.3, 0.4) is 0 Å². The van der Waals surface area contributed by atoms with Crippen LogP contribution in [0.1, 0.15) is 12.5 Å². The Morgan fingerprint density at radius 3 is 2.61 bits per heavy atom. The predicted molar refractivity (Wildman–Crippen MR) is 112 cm³/mol. The molecule has 1 heterocycles. The van der Waals surface area contributed by atoms with E-state index in [4.69, 9.17) is 0 Å². The molecule has 0 bridgehead atoms. The Morgan fingerprint density at radius 2 is 1.79 bits per heavy atom. The van der Waals surface area contributed by atoms with Gasteiger partial charge in [-0.3, -0.25) is 19.4 Å². The molecule has 0 spiro atoms. The van der Waals surface area contributed by atoms with Gasteiger partial charge in [-0.25, -0.2) is 0 Å². The first-order chi connectivity index (χ1) is 13.5. The maximum atomic E-state index is 13.2. The fourth-order valence-corrected chi connectivity index (χ4v) is 3.61. The fourth-order valence-electron chi connectivity index (χ4n) is 3.61. The SMILES string of the molecule is C[C@@H](C(=O)N1CC(=O)Nc2ccccc21)N(C)Cc1ccc2ccccc2c1. The van der Waals surface area contributed by atoms with Crippen LogP contribution in [0, 0.1) is 0 Å². The van der Waals surface area contributed by atoms with E-state index >= 15 is 0 Å². The van der Waals surface area contributed by atoms with Crippen molar-refractivity contribution in [2.45, 2.75) is 19.5 Å². The second-order valence-electron chi connectivity index (χ2n) is 7.26. The van der Waals surface area contributed by atoms with Crippen molar-refractivity contribution >= 4 is 34.0 Å². The van der Waals surface area contributed by atoms with E-state index in [0.717, 1.165) is 11.3 Å². The summed E-state index contributed by atoms with van der Waals surface area (Å²) in [5, 5.41) is 5.21. The molecule has 0 fully saturated rings. The molecule has 0 radical (unpaired) electrons. The third kappa shape index (κ3) is 3.49. The van der Waals surface area contributed by atoms with Crippen molar-refractivity contribution in [3.8, 4) is 0 Å². The minimum absolute atomic E-state index is 0.0456. The van der Waals surface area contributed by atoms with Crippen LogP contribution < -0.4 is 10.2 Å². The van der Waals surface area contributed by atoms with Crippen LogP contribution in [-0.2, 0) is 16.1 Å². The number of amides is 2. The molecule has 0 aromatic heterocycles. The number of anilines is 2. The van der Waals surface area contributed by atoms with Crippen molar-refractivity contribution in [3.05, 3.63) is 72.3 Å². The quantitative estimate of drug-likeness (QED) is 0.760. The summed E-state index contributed by atoms with van der Waals surface area (Å²) in [5.41, 5.74) is 2.58. The molecule has 5 heteroatoms. The van der Waals surface area contributed by atoms with Gasteiger partial charge in [0, 0.05) is 6.54 Å². The zero-order valence-electron chi connectivity index (χ0n) is 16.1. The molecule has 2 amide bonds. The first-order valence-electron chi connectivity index (χ1n) is 9.41. The molecular weight excluding hydrogens is 350 g/mol. The lowest BCUT2D eigenvalue weighted by molar-refractivity contribution is -0.125. The number of carbonyl (C=O) groups excluding carboxylic acids is 2. The number of carbonyl (C=O) groups is 2. The monoisotopic (exact) mass is 373 g/mol. The summed E-state index contributed by atoms with van der Waals surface area (Å²) in [5.74, 6) is -0.248. The third-order valence-electron chi connectivity index (χ3n) is 5.30. The zero-order valence-corrected chi connectivity index (χ0v) is 16.1. The van der Waals surface area contributed by atoms with E-state index in [1.54, 1.807) is 4.90 Å². The van der Waals surface area contributed by atoms with Crippen molar-refractivity contribution in [1.29, 1.82) is 0 Å². The van der Waals surface area contributed by atoms with Gasteiger partial charge in [-0.05, 0) is 48.5 Å². The first kappa shape index (κ1) is 18.2. The van der Waals surface area contributed by atoms with Crippen molar-refractivity contribution < 1.29 is 9.59 Å². The van der Waals surface area contributed by atoms with E-state index in [1.807, 2.05) is 55.3 Å². The molecule has 142 valence electrons. The van der Waals surface area contributed by atoms with E-state index in [0.29, 0.717) is 12.2 Å². The lowest BCUT2D eigenvalue weighted by Gasteiger charge is -2.33. The van der Waals surface area contributed by atoms with Crippen LogP contribution in [-0.4, -0.2) is 36.3 Å². The molecule has 0 unspecified atom stereocenters. The van der Waals surface area contributed by atoms with E-state index in [-0.39, 0.29) is 24.4 Å². The number of fused-ring (bicyclic) bond motifs is 2. The second kappa shape index (κ2) is 7.44. The summed E-state index contributed by atoms with van der Waals surface area (Å²) in [6.45, 7) is 2.59. The topological polar surface area (TPSA) is 52.7 Å². The molecule has 1 aliphatic rings. The Labute approximate surface area is 164 Å². The van der Waals surface area contributed by atoms with Gasteiger partial charge in [-0.15, -0.1) is 0 Å². The molecule has 0 aliphatic carbocycles. The molecule has 1 aliphatic heterocycles. The van der Waals surface area contributed by atoms with Gasteiger partial charge in [0.2, 0.25) is 11.8 Å². The van der Waals surface area contributed by atoms with Crippen LogP contribution in [0.4, 0.5) is 11.4 Å². The smallest absolute Gasteiger partial charge is 0.244 e. The first-order valence-corrected chi connectivity index (χ1v) is 9.41. The molecule has 0 saturated heterocycles. The number of para-hydroxylation sites is 2. The summed E-state index contributed by atoms with van der Waals surface area (Å²) in [4.78, 5) is 28.8. The number of benzene rings is 3. The molecule has 3 aromatic rings. The Hall–Kier alpha value is -3.18.